The van der Waals surface area contributed by atoms with Crippen molar-refractivity contribution >= 4 is 29.1 Å². The minimum Gasteiger partial charge on any atom is -0.397 e. The quantitative estimate of drug-likeness (QED) is 0.780. The van der Waals surface area contributed by atoms with Gasteiger partial charge in [0, 0.05) is 26.1 Å². The lowest BCUT2D eigenvalue weighted by atomic mass is 10.1. The molecular formula is C12H15ClN4O2. The van der Waals surface area contributed by atoms with Crippen molar-refractivity contribution in [3.63, 3.8) is 0 Å². The smallest absolute Gasteiger partial charge is 0.254 e. The molecule has 6 nitrogen and oxygen atoms in total. The van der Waals surface area contributed by atoms with E-state index >= 15 is 0 Å². The van der Waals surface area contributed by atoms with E-state index in [-0.39, 0.29) is 28.6 Å². The van der Waals surface area contributed by atoms with Crippen molar-refractivity contribution < 1.29 is 9.59 Å². The number of nitrogen functional groups attached to an aromatic ring is 1. The molecule has 0 saturated carbocycles. The SMILES string of the molecule is CN1CC(NC(=O)c2cc(N)cnc2Cl)CCC1=O. The van der Waals surface area contributed by atoms with Gasteiger partial charge in [0.05, 0.1) is 17.4 Å². The van der Waals surface area contributed by atoms with Gasteiger partial charge in [-0.1, -0.05) is 11.6 Å². The number of rotatable bonds is 2. The molecule has 2 heterocycles. The average molecular weight is 283 g/mol. The number of anilines is 1. The van der Waals surface area contributed by atoms with Crippen molar-refractivity contribution in [2.45, 2.75) is 18.9 Å². The van der Waals surface area contributed by atoms with E-state index in [9.17, 15) is 9.59 Å². The maximum atomic E-state index is 12.1. The number of aromatic nitrogens is 1. The second-order valence-corrected chi connectivity index (χ2v) is 4.95. The third-order valence-electron chi connectivity index (χ3n) is 3.07. The van der Waals surface area contributed by atoms with Gasteiger partial charge < -0.3 is 16.0 Å². The summed E-state index contributed by atoms with van der Waals surface area (Å²) in [4.78, 5) is 28.9. The number of nitrogens with zero attached hydrogens (tertiary/aromatic N) is 2. The monoisotopic (exact) mass is 282 g/mol. The molecule has 3 N–H and O–H groups in total. The second kappa shape index (κ2) is 5.44. The van der Waals surface area contributed by atoms with E-state index in [2.05, 4.69) is 10.3 Å². The summed E-state index contributed by atoms with van der Waals surface area (Å²) >= 11 is 5.87. The second-order valence-electron chi connectivity index (χ2n) is 4.59. The van der Waals surface area contributed by atoms with Crippen LogP contribution in [0, 0.1) is 0 Å². The highest BCUT2D eigenvalue weighted by atomic mass is 35.5. The van der Waals surface area contributed by atoms with Crippen LogP contribution < -0.4 is 11.1 Å². The number of likely N-dealkylation sites (N-methyl/N-ethyl adjacent to an activating group) is 1. The molecule has 0 aromatic carbocycles. The lowest BCUT2D eigenvalue weighted by Gasteiger charge is -2.30. The first-order valence-electron chi connectivity index (χ1n) is 5.93. The number of nitrogens with one attached hydrogen (secondary N) is 1. The number of likely N-dealkylation sites (tertiary alicyclic amines) is 1. The molecule has 2 rings (SSSR count). The molecule has 0 aliphatic carbocycles. The maximum Gasteiger partial charge on any atom is 0.254 e. The predicted octanol–water partition coefficient (Wildman–Crippen LogP) is 0.668. The molecule has 0 radical (unpaired) electrons. The standard InChI is InChI=1S/C12H15ClN4O2/c1-17-6-8(2-3-10(17)18)16-12(19)9-4-7(14)5-15-11(9)13/h4-5,8H,2-3,6,14H2,1H3,(H,16,19). The summed E-state index contributed by atoms with van der Waals surface area (Å²) in [5.41, 5.74) is 6.22. The van der Waals surface area contributed by atoms with Gasteiger partial charge >= 0.3 is 0 Å². The maximum absolute atomic E-state index is 12.1. The Morgan fingerprint density at radius 2 is 2.37 bits per heavy atom. The zero-order valence-electron chi connectivity index (χ0n) is 10.5. The van der Waals surface area contributed by atoms with Crippen LogP contribution in [0.2, 0.25) is 5.15 Å². The number of carbonyl (C=O) groups excluding carboxylic acids is 2. The molecule has 0 spiro atoms. The van der Waals surface area contributed by atoms with Crippen LogP contribution in [0.25, 0.3) is 0 Å². The number of piperidine rings is 1. The Bertz CT molecular complexity index is 520. The highest BCUT2D eigenvalue weighted by molar-refractivity contribution is 6.32. The molecule has 1 aliphatic heterocycles. The Morgan fingerprint density at radius 1 is 1.63 bits per heavy atom. The van der Waals surface area contributed by atoms with Gasteiger partial charge in [-0.3, -0.25) is 9.59 Å². The lowest BCUT2D eigenvalue weighted by molar-refractivity contribution is -0.132. The molecule has 19 heavy (non-hydrogen) atoms. The first kappa shape index (κ1) is 13.6. The van der Waals surface area contributed by atoms with Crippen molar-refractivity contribution in [2.75, 3.05) is 19.3 Å². The van der Waals surface area contributed by atoms with Crippen molar-refractivity contribution in [3.8, 4) is 0 Å². The van der Waals surface area contributed by atoms with Crippen LogP contribution in [0.4, 0.5) is 5.69 Å². The van der Waals surface area contributed by atoms with E-state index in [0.29, 0.717) is 25.1 Å². The van der Waals surface area contributed by atoms with Crippen molar-refractivity contribution in [2.24, 2.45) is 0 Å². The summed E-state index contributed by atoms with van der Waals surface area (Å²) in [5.74, 6) is -0.230. The van der Waals surface area contributed by atoms with Crippen LogP contribution >= 0.6 is 11.6 Å². The number of halogens is 1. The fourth-order valence-electron chi connectivity index (χ4n) is 2.02. The van der Waals surface area contributed by atoms with E-state index < -0.39 is 0 Å². The van der Waals surface area contributed by atoms with E-state index in [0.717, 1.165) is 0 Å². The number of hydrogen-bond donors (Lipinski definition) is 2. The average Bonchev–Trinajstić information content (AvgIpc) is 2.36. The molecule has 2 amide bonds. The normalized spacial score (nSPS) is 19.4. The Morgan fingerprint density at radius 3 is 3.05 bits per heavy atom. The minimum atomic E-state index is -0.322. The molecule has 1 unspecified atom stereocenters. The number of nitrogens with two attached hydrogens (primary N) is 1. The molecular weight excluding hydrogens is 268 g/mol. The Hall–Kier alpha value is -1.82. The summed E-state index contributed by atoms with van der Waals surface area (Å²) in [6.07, 6.45) is 2.46. The Labute approximate surface area is 115 Å². The van der Waals surface area contributed by atoms with Gasteiger partial charge in [-0.2, -0.15) is 0 Å². The largest absolute Gasteiger partial charge is 0.397 e. The van der Waals surface area contributed by atoms with Crippen LogP contribution in [0.3, 0.4) is 0 Å². The van der Waals surface area contributed by atoms with Crippen LogP contribution in [0.5, 0.6) is 0 Å². The minimum absolute atomic E-state index is 0.0762. The van der Waals surface area contributed by atoms with E-state index in [4.69, 9.17) is 17.3 Å². The van der Waals surface area contributed by atoms with Crippen molar-refractivity contribution in [3.05, 3.63) is 23.0 Å². The zero-order valence-corrected chi connectivity index (χ0v) is 11.3. The van der Waals surface area contributed by atoms with Gasteiger partial charge in [0.2, 0.25) is 5.91 Å². The Kier molecular flexibility index (Phi) is 3.90. The van der Waals surface area contributed by atoms with Gasteiger partial charge in [0.25, 0.3) is 5.91 Å². The molecule has 1 atom stereocenters. The molecule has 1 aromatic heterocycles. The number of carbonyl (C=O) groups is 2. The van der Waals surface area contributed by atoms with Crippen LogP contribution in [-0.4, -0.2) is 41.3 Å². The van der Waals surface area contributed by atoms with Gasteiger partial charge in [-0.15, -0.1) is 0 Å². The molecule has 1 aromatic rings. The van der Waals surface area contributed by atoms with Gasteiger partial charge in [0.1, 0.15) is 5.15 Å². The zero-order chi connectivity index (χ0) is 14.0. The third kappa shape index (κ3) is 3.14. The molecule has 1 aliphatic rings. The topological polar surface area (TPSA) is 88.3 Å². The van der Waals surface area contributed by atoms with E-state index in [1.54, 1.807) is 11.9 Å². The first-order chi connectivity index (χ1) is 8.97. The Balaban J connectivity index is 2.05. The van der Waals surface area contributed by atoms with Gasteiger partial charge in [0.15, 0.2) is 0 Å². The van der Waals surface area contributed by atoms with Crippen LogP contribution in [0.15, 0.2) is 12.3 Å². The van der Waals surface area contributed by atoms with E-state index in [1.807, 2.05) is 0 Å². The highest BCUT2D eigenvalue weighted by Crippen LogP contribution is 2.17. The third-order valence-corrected chi connectivity index (χ3v) is 3.37. The summed E-state index contributed by atoms with van der Waals surface area (Å²) in [7, 11) is 1.72. The lowest BCUT2D eigenvalue weighted by Crippen LogP contribution is -2.48. The first-order valence-corrected chi connectivity index (χ1v) is 6.31. The molecule has 102 valence electrons. The van der Waals surface area contributed by atoms with Crippen LogP contribution in [-0.2, 0) is 4.79 Å². The number of hydrogen-bond acceptors (Lipinski definition) is 4. The molecule has 1 fully saturated rings. The number of pyridine rings is 1. The summed E-state index contributed by atoms with van der Waals surface area (Å²) in [6.45, 7) is 0.498. The van der Waals surface area contributed by atoms with Gasteiger partial charge in [-0.25, -0.2) is 4.98 Å². The summed E-state index contributed by atoms with van der Waals surface area (Å²) in [5, 5.41) is 2.96. The highest BCUT2D eigenvalue weighted by Gasteiger charge is 2.25. The molecule has 1 saturated heterocycles. The fraction of sp³-hybridized carbons (Fsp3) is 0.417. The van der Waals surface area contributed by atoms with E-state index in [1.165, 1.54) is 12.3 Å². The van der Waals surface area contributed by atoms with Gasteiger partial charge in [-0.05, 0) is 12.5 Å². The van der Waals surface area contributed by atoms with Crippen molar-refractivity contribution in [1.29, 1.82) is 0 Å². The predicted molar refractivity (Wildman–Crippen MR) is 71.8 cm³/mol. The van der Waals surface area contributed by atoms with Crippen molar-refractivity contribution in [1.82, 2.24) is 15.2 Å². The van der Waals surface area contributed by atoms with Crippen LogP contribution in [0.1, 0.15) is 23.2 Å². The number of amides is 2. The summed E-state index contributed by atoms with van der Waals surface area (Å²) < 4.78 is 0. The molecule has 0 bridgehead atoms. The fourth-order valence-corrected chi connectivity index (χ4v) is 2.21. The molecule has 7 heteroatoms. The summed E-state index contributed by atoms with van der Waals surface area (Å²) in [6, 6.07) is 1.41.